The predicted molar refractivity (Wildman–Crippen MR) is 100 cm³/mol. The number of nitrogens with zero attached hydrogens (tertiary/aromatic N) is 1. The molecule has 2 atom stereocenters. The number of thiazole rings is 1. The van der Waals surface area contributed by atoms with Gasteiger partial charge in [0.05, 0.1) is 6.04 Å². The first kappa shape index (κ1) is 18.5. The molecule has 2 unspecified atom stereocenters. The summed E-state index contributed by atoms with van der Waals surface area (Å²) in [7, 11) is 0. The van der Waals surface area contributed by atoms with E-state index in [-0.39, 0.29) is 23.5 Å². The largest absolute Gasteiger partial charge is 0.336 e. The molecule has 1 aromatic heterocycles. The maximum absolute atomic E-state index is 12.2. The fraction of sp³-hybridized carbons (Fsp3) is 0.474. The smallest absolute Gasteiger partial charge is 0.315 e. The first-order valence-electron chi connectivity index (χ1n) is 8.32. The topological polar surface area (TPSA) is 54.0 Å². The molecule has 0 spiro atoms. The zero-order chi connectivity index (χ0) is 17.7. The van der Waals surface area contributed by atoms with Crippen molar-refractivity contribution in [1.29, 1.82) is 0 Å². The third-order valence-corrected chi connectivity index (χ3v) is 5.25. The van der Waals surface area contributed by atoms with Crippen molar-refractivity contribution in [3.8, 4) is 0 Å². The highest BCUT2D eigenvalue weighted by Gasteiger charge is 2.24. The van der Waals surface area contributed by atoms with Gasteiger partial charge in [-0.1, -0.05) is 44.2 Å². The molecule has 0 radical (unpaired) electrons. The number of aryl methyl sites for hydroxylation is 1. The minimum Gasteiger partial charge on any atom is -0.336 e. The molecule has 24 heavy (non-hydrogen) atoms. The van der Waals surface area contributed by atoms with E-state index in [1.165, 1.54) is 5.56 Å². The fourth-order valence-electron chi connectivity index (χ4n) is 2.92. The molecule has 0 aliphatic heterocycles. The summed E-state index contributed by atoms with van der Waals surface area (Å²) >= 11 is 1.57. The summed E-state index contributed by atoms with van der Waals surface area (Å²) in [5, 5.41) is 8.93. The standard InChI is InChI=1S/C19H27N3OS/c1-13(11-19(4,5)16-9-7-6-8-10-16)21-18(23)22-15(3)17-20-14(2)12-24-17/h6-10,12-13,15H,11H2,1-5H3,(H2,21,22,23). The van der Waals surface area contributed by atoms with Crippen LogP contribution in [0.1, 0.15) is 56.4 Å². The van der Waals surface area contributed by atoms with Crippen LogP contribution in [0.25, 0.3) is 0 Å². The molecule has 1 heterocycles. The Balaban J connectivity index is 1.87. The van der Waals surface area contributed by atoms with Crippen LogP contribution in [0.4, 0.5) is 4.79 Å². The van der Waals surface area contributed by atoms with Crippen molar-refractivity contribution in [2.45, 2.75) is 58.5 Å². The summed E-state index contributed by atoms with van der Waals surface area (Å²) < 4.78 is 0. The second-order valence-corrected chi connectivity index (χ2v) is 7.91. The normalized spacial score (nSPS) is 14.0. The Morgan fingerprint density at radius 2 is 1.88 bits per heavy atom. The van der Waals surface area contributed by atoms with Gasteiger partial charge < -0.3 is 10.6 Å². The quantitative estimate of drug-likeness (QED) is 0.806. The van der Waals surface area contributed by atoms with Crippen molar-refractivity contribution >= 4 is 17.4 Å². The molecule has 0 aliphatic carbocycles. The summed E-state index contributed by atoms with van der Waals surface area (Å²) in [5.74, 6) is 0. The van der Waals surface area contributed by atoms with Crippen molar-refractivity contribution in [1.82, 2.24) is 15.6 Å². The van der Waals surface area contributed by atoms with Crippen LogP contribution in [0.5, 0.6) is 0 Å². The monoisotopic (exact) mass is 345 g/mol. The van der Waals surface area contributed by atoms with E-state index in [1.807, 2.05) is 32.2 Å². The van der Waals surface area contributed by atoms with Gasteiger partial charge in [0.1, 0.15) is 5.01 Å². The fourth-order valence-corrected chi connectivity index (χ4v) is 3.72. The molecular weight excluding hydrogens is 318 g/mol. The average molecular weight is 346 g/mol. The van der Waals surface area contributed by atoms with Gasteiger partial charge in [-0.15, -0.1) is 11.3 Å². The zero-order valence-electron chi connectivity index (χ0n) is 15.1. The Morgan fingerprint density at radius 1 is 1.21 bits per heavy atom. The SMILES string of the molecule is Cc1csc(C(C)NC(=O)NC(C)CC(C)(C)c2ccccc2)n1. The maximum atomic E-state index is 12.2. The van der Waals surface area contributed by atoms with E-state index in [0.717, 1.165) is 17.1 Å². The number of aromatic nitrogens is 1. The summed E-state index contributed by atoms with van der Waals surface area (Å²) in [5.41, 5.74) is 2.28. The molecule has 0 aliphatic rings. The Bertz CT molecular complexity index is 666. The third-order valence-electron chi connectivity index (χ3n) is 4.10. The molecule has 2 rings (SSSR count). The number of hydrogen-bond donors (Lipinski definition) is 2. The van der Waals surface area contributed by atoms with Crippen LogP contribution in [-0.4, -0.2) is 17.1 Å². The van der Waals surface area contributed by atoms with E-state index in [2.05, 4.69) is 53.7 Å². The maximum Gasteiger partial charge on any atom is 0.315 e. The van der Waals surface area contributed by atoms with Gasteiger partial charge in [-0.25, -0.2) is 9.78 Å². The number of amides is 2. The van der Waals surface area contributed by atoms with Crippen LogP contribution in [0.3, 0.4) is 0 Å². The van der Waals surface area contributed by atoms with Crippen LogP contribution >= 0.6 is 11.3 Å². The van der Waals surface area contributed by atoms with Crippen molar-refractivity contribution in [2.75, 3.05) is 0 Å². The molecule has 2 aromatic rings. The molecule has 0 saturated carbocycles. The van der Waals surface area contributed by atoms with E-state index in [9.17, 15) is 4.79 Å². The van der Waals surface area contributed by atoms with Crippen LogP contribution in [0.2, 0.25) is 0 Å². The van der Waals surface area contributed by atoms with Gasteiger partial charge in [0.25, 0.3) is 0 Å². The number of benzene rings is 1. The van der Waals surface area contributed by atoms with E-state index in [1.54, 1.807) is 11.3 Å². The van der Waals surface area contributed by atoms with Crippen LogP contribution in [0.15, 0.2) is 35.7 Å². The molecule has 2 amide bonds. The van der Waals surface area contributed by atoms with Gasteiger partial charge in [-0.05, 0) is 38.2 Å². The molecule has 0 bridgehead atoms. The molecule has 130 valence electrons. The Kier molecular flexibility index (Phi) is 5.99. The number of carbonyl (C=O) groups excluding carboxylic acids is 1. The summed E-state index contributed by atoms with van der Waals surface area (Å²) in [6.45, 7) is 10.4. The van der Waals surface area contributed by atoms with Gasteiger partial charge in [0.15, 0.2) is 0 Å². The first-order chi connectivity index (χ1) is 11.3. The second kappa shape index (κ2) is 7.79. The molecule has 1 aromatic carbocycles. The lowest BCUT2D eigenvalue weighted by Crippen LogP contribution is -2.43. The Labute approximate surface area is 148 Å². The van der Waals surface area contributed by atoms with E-state index < -0.39 is 0 Å². The zero-order valence-corrected chi connectivity index (χ0v) is 15.9. The van der Waals surface area contributed by atoms with Gasteiger partial charge in [-0.2, -0.15) is 0 Å². The van der Waals surface area contributed by atoms with Gasteiger partial charge in [0.2, 0.25) is 0 Å². The Hall–Kier alpha value is -1.88. The molecule has 4 nitrogen and oxygen atoms in total. The number of carbonyl (C=O) groups is 1. The van der Waals surface area contributed by atoms with Crippen LogP contribution < -0.4 is 10.6 Å². The van der Waals surface area contributed by atoms with Crippen LogP contribution in [0, 0.1) is 6.92 Å². The first-order valence-corrected chi connectivity index (χ1v) is 9.20. The number of rotatable bonds is 6. The van der Waals surface area contributed by atoms with E-state index in [4.69, 9.17) is 0 Å². The summed E-state index contributed by atoms with van der Waals surface area (Å²) in [6.07, 6.45) is 0.870. The predicted octanol–water partition coefficient (Wildman–Crippen LogP) is 4.57. The molecule has 2 N–H and O–H groups in total. The lowest BCUT2D eigenvalue weighted by atomic mass is 9.79. The highest BCUT2D eigenvalue weighted by atomic mass is 32.1. The van der Waals surface area contributed by atoms with Gasteiger partial charge in [-0.3, -0.25) is 0 Å². The van der Waals surface area contributed by atoms with Crippen molar-refractivity contribution in [3.63, 3.8) is 0 Å². The van der Waals surface area contributed by atoms with E-state index in [0.29, 0.717) is 0 Å². The number of urea groups is 1. The van der Waals surface area contributed by atoms with E-state index >= 15 is 0 Å². The summed E-state index contributed by atoms with van der Waals surface area (Å²) in [6, 6.07) is 10.3. The second-order valence-electron chi connectivity index (χ2n) is 7.02. The molecule has 0 saturated heterocycles. The van der Waals surface area contributed by atoms with Crippen molar-refractivity contribution in [3.05, 3.63) is 52.0 Å². The molecule has 5 heteroatoms. The lowest BCUT2D eigenvalue weighted by molar-refractivity contribution is 0.232. The minimum absolute atomic E-state index is 0.00594. The van der Waals surface area contributed by atoms with Gasteiger partial charge in [0, 0.05) is 17.1 Å². The van der Waals surface area contributed by atoms with Crippen molar-refractivity contribution < 1.29 is 4.79 Å². The van der Waals surface area contributed by atoms with Gasteiger partial charge >= 0.3 is 6.03 Å². The number of nitrogens with one attached hydrogen (secondary N) is 2. The highest BCUT2D eigenvalue weighted by Crippen LogP contribution is 2.28. The van der Waals surface area contributed by atoms with Crippen molar-refractivity contribution in [2.24, 2.45) is 0 Å². The number of hydrogen-bond acceptors (Lipinski definition) is 3. The average Bonchev–Trinajstić information content (AvgIpc) is 2.94. The molecule has 0 fully saturated rings. The lowest BCUT2D eigenvalue weighted by Gasteiger charge is -2.29. The van der Waals surface area contributed by atoms with Crippen LogP contribution in [-0.2, 0) is 5.41 Å². The third kappa shape index (κ3) is 5.06. The minimum atomic E-state index is -0.147. The summed E-state index contributed by atoms with van der Waals surface area (Å²) in [4.78, 5) is 16.6. The highest BCUT2D eigenvalue weighted by molar-refractivity contribution is 7.09. The Morgan fingerprint density at radius 3 is 2.46 bits per heavy atom. The molecular formula is C19H27N3OS.